The Kier molecular flexibility index (Phi) is 6.87. The minimum atomic E-state index is -0.860. The Morgan fingerprint density at radius 3 is 2.59 bits per heavy atom. The number of benzene rings is 1. The molecular formula is C16H22BrNO4. The van der Waals surface area contributed by atoms with Crippen LogP contribution in [0.3, 0.4) is 0 Å². The number of rotatable bonds is 8. The molecule has 0 bridgehead atoms. The van der Waals surface area contributed by atoms with E-state index in [9.17, 15) is 9.59 Å². The summed E-state index contributed by atoms with van der Waals surface area (Å²) in [5.74, 6) is -0.209. The van der Waals surface area contributed by atoms with Gasteiger partial charge in [0.05, 0.1) is 7.11 Å². The Bertz CT molecular complexity index is 543. The van der Waals surface area contributed by atoms with Gasteiger partial charge in [0.25, 0.3) is 0 Å². The largest absolute Gasteiger partial charge is 0.496 e. The molecule has 122 valence electrons. The quantitative estimate of drug-likeness (QED) is 0.735. The van der Waals surface area contributed by atoms with Crippen LogP contribution >= 0.6 is 15.9 Å². The molecule has 0 saturated carbocycles. The highest BCUT2D eigenvalue weighted by Gasteiger charge is 2.21. The zero-order valence-corrected chi connectivity index (χ0v) is 14.7. The minimum absolute atomic E-state index is 0.0345. The van der Waals surface area contributed by atoms with Crippen molar-refractivity contribution in [1.29, 1.82) is 0 Å². The van der Waals surface area contributed by atoms with E-state index in [4.69, 9.17) is 9.84 Å². The summed E-state index contributed by atoms with van der Waals surface area (Å²) >= 11 is 3.40. The van der Waals surface area contributed by atoms with Gasteiger partial charge in [-0.1, -0.05) is 15.9 Å². The minimum Gasteiger partial charge on any atom is -0.496 e. The molecule has 6 heteroatoms. The molecule has 0 atom stereocenters. The predicted molar refractivity (Wildman–Crippen MR) is 88.1 cm³/mol. The Balaban J connectivity index is 2.56. The second-order valence-electron chi connectivity index (χ2n) is 5.78. The maximum absolute atomic E-state index is 12.1. The van der Waals surface area contributed by atoms with Crippen LogP contribution in [0.2, 0.25) is 0 Å². The van der Waals surface area contributed by atoms with Gasteiger partial charge in [0, 0.05) is 22.9 Å². The molecule has 0 saturated heterocycles. The van der Waals surface area contributed by atoms with Crippen molar-refractivity contribution in [3.63, 3.8) is 0 Å². The van der Waals surface area contributed by atoms with Crippen molar-refractivity contribution in [3.05, 3.63) is 28.2 Å². The molecule has 0 aliphatic carbocycles. The molecule has 0 spiro atoms. The van der Waals surface area contributed by atoms with Crippen LogP contribution in [0.1, 0.15) is 38.7 Å². The zero-order valence-electron chi connectivity index (χ0n) is 13.1. The summed E-state index contributed by atoms with van der Waals surface area (Å²) in [4.78, 5) is 22.7. The topological polar surface area (TPSA) is 75.6 Å². The Labute approximate surface area is 139 Å². The van der Waals surface area contributed by atoms with Crippen molar-refractivity contribution >= 4 is 27.8 Å². The van der Waals surface area contributed by atoms with Gasteiger partial charge in [0.2, 0.25) is 5.91 Å². The van der Waals surface area contributed by atoms with E-state index in [1.54, 1.807) is 7.11 Å². The second-order valence-corrected chi connectivity index (χ2v) is 6.70. The monoisotopic (exact) mass is 371 g/mol. The van der Waals surface area contributed by atoms with Gasteiger partial charge >= 0.3 is 5.97 Å². The fourth-order valence-electron chi connectivity index (χ4n) is 2.11. The molecule has 0 fully saturated rings. The van der Waals surface area contributed by atoms with Gasteiger partial charge in [-0.2, -0.15) is 0 Å². The number of nitrogens with one attached hydrogen (secondary N) is 1. The highest BCUT2D eigenvalue weighted by molar-refractivity contribution is 9.10. The summed E-state index contributed by atoms with van der Waals surface area (Å²) in [5, 5.41) is 11.6. The smallest absolute Gasteiger partial charge is 0.303 e. The number of aryl methyl sites for hydroxylation is 1. The number of aliphatic carboxylic acids is 1. The predicted octanol–water partition coefficient (Wildman–Crippen LogP) is 3.15. The fraction of sp³-hybridized carbons (Fsp3) is 0.500. The van der Waals surface area contributed by atoms with Crippen LogP contribution in [-0.4, -0.2) is 29.6 Å². The number of hydrogen-bond acceptors (Lipinski definition) is 3. The standard InChI is InChI=1S/C16H22BrNO4/c1-16(2,9-8-15(20)21)18-14(19)7-4-11-10-12(17)5-6-13(11)22-3/h5-6,10H,4,7-9H2,1-3H3,(H,18,19)(H,20,21). The lowest BCUT2D eigenvalue weighted by atomic mass is 9.98. The summed E-state index contributed by atoms with van der Waals surface area (Å²) in [6.45, 7) is 3.65. The van der Waals surface area contributed by atoms with Crippen LogP contribution < -0.4 is 10.1 Å². The summed E-state index contributed by atoms with van der Waals surface area (Å²) < 4.78 is 6.22. The molecule has 1 aromatic rings. The van der Waals surface area contributed by atoms with E-state index in [1.165, 1.54) is 0 Å². The molecule has 0 aliphatic rings. The molecule has 0 radical (unpaired) electrons. The summed E-state index contributed by atoms with van der Waals surface area (Å²) in [6.07, 6.45) is 1.31. The van der Waals surface area contributed by atoms with Crippen molar-refractivity contribution in [1.82, 2.24) is 5.32 Å². The molecule has 2 N–H and O–H groups in total. The zero-order chi connectivity index (χ0) is 16.8. The number of hydrogen-bond donors (Lipinski definition) is 2. The average Bonchev–Trinajstić information content (AvgIpc) is 2.43. The molecular weight excluding hydrogens is 350 g/mol. The van der Waals surface area contributed by atoms with E-state index >= 15 is 0 Å². The van der Waals surface area contributed by atoms with Crippen LogP contribution in [-0.2, 0) is 16.0 Å². The first-order valence-electron chi connectivity index (χ1n) is 7.09. The molecule has 22 heavy (non-hydrogen) atoms. The third kappa shape index (κ3) is 6.47. The lowest BCUT2D eigenvalue weighted by Gasteiger charge is -2.25. The molecule has 0 unspecified atom stereocenters. The van der Waals surface area contributed by atoms with Crippen LogP contribution in [0.5, 0.6) is 5.75 Å². The SMILES string of the molecule is COc1ccc(Br)cc1CCC(=O)NC(C)(C)CCC(=O)O. The summed E-state index contributed by atoms with van der Waals surface area (Å²) in [6, 6.07) is 5.67. The Morgan fingerprint density at radius 1 is 1.32 bits per heavy atom. The lowest BCUT2D eigenvalue weighted by Crippen LogP contribution is -2.43. The number of carboxylic acids is 1. The Morgan fingerprint density at radius 2 is 2.00 bits per heavy atom. The number of amides is 1. The molecule has 5 nitrogen and oxygen atoms in total. The second kappa shape index (κ2) is 8.17. The fourth-order valence-corrected chi connectivity index (χ4v) is 2.52. The van der Waals surface area contributed by atoms with Crippen molar-refractivity contribution in [2.75, 3.05) is 7.11 Å². The number of halogens is 1. The summed E-state index contributed by atoms with van der Waals surface area (Å²) in [7, 11) is 1.60. The van der Waals surface area contributed by atoms with Gasteiger partial charge < -0.3 is 15.2 Å². The van der Waals surface area contributed by atoms with Crippen molar-refractivity contribution in [2.45, 2.75) is 45.1 Å². The highest BCUT2D eigenvalue weighted by atomic mass is 79.9. The number of carbonyl (C=O) groups excluding carboxylic acids is 1. The van der Waals surface area contributed by atoms with E-state index in [2.05, 4.69) is 21.2 Å². The van der Waals surface area contributed by atoms with Crippen LogP contribution in [0.15, 0.2) is 22.7 Å². The van der Waals surface area contributed by atoms with Crippen LogP contribution in [0.25, 0.3) is 0 Å². The first kappa shape index (κ1) is 18.5. The molecule has 0 aromatic heterocycles. The Hall–Kier alpha value is -1.56. The van der Waals surface area contributed by atoms with Gasteiger partial charge in [0.15, 0.2) is 0 Å². The first-order valence-corrected chi connectivity index (χ1v) is 7.88. The third-order valence-corrected chi connectivity index (χ3v) is 3.80. The highest BCUT2D eigenvalue weighted by Crippen LogP contribution is 2.24. The first-order chi connectivity index (χ1) is 10.2. The maximum Gasteiger partial charge on any atom is 0.303 e. The number of carbonyl (C=O) groups is 2. The molecule has 0 aliphatic heterocycles. The van der Waals surface area contributed by atoms with E-state index < -0.39 is 11.5 Å². The van der Waals surface area contributed by atoms with Gasteiger partial charge in [-0.15, -0.1) is 0 Å². The number of ether oxygens (including phenoxy) is 1. The molecule has 1 aromatic carbocycles. The van der Waals surface area contributed by atoms with Crippen LogP contribution in [0, 0.1) is 0 Å². The van der Waals surface area contributed by atoms with Gasteiger partial charge in [-0.25, -0.2) is 0 Å². The van der Waals surface area contributed by atoms with Gasteiger partial charge in [-0.3, -0.25) is 9.59 Å². The molecule has 1 amide bonds. The van der Waals surface area contributed by atoms with E-state index in [0.717, 1.165) is 15.8 Å². The summed E-state index contributed by atoms with van der Waals surface area (Å²) in [5.41, 5.74) is 0.423. The third-order valence-electron chi connectivity index (χ3n) is 3.31. The van der Waals surface area contributed by atoms with Crippen molar-refractivity contribution in [3.8, 4) is 5.75 Å². The van der Waals surface area contributed by atoms with E-state index in [-0.39, 0.29) is 12.3 Å². The van der Waals surface area contributed by atoms with Gasteiger partial charge in [0.1, 0.15) is 5.75 Å². The van der Waals surface area contributed by atoms with E-state index in [1.807, 2.05) is 32.0 Å². The van der Waals surface area contributed by atoms with Gasteiger partial charge in [-0.05, 0) is 50.5 Å². The number of carboxylic acid groups (broad SMARTS) is 1. The normalized spacial score (nSPS) is 11.1. The van der Waals surface area contributed by atoms with E-state index in [0.29, 0.717) is 19.3 Å². The molecule has 1 rings (SSSR count). The number of methoxy groups -OCH3 is 1. The molecule has 0 heterocycles. The van der Waals surface area contributed by atoms with Crippen molar-refractivity contribution < 1.29 is 19.4 Å². The van der Waals surface area contributed by atoms with Crippen LogP contribution in [0.4, 0.5) is 0 Å². The lowest BCUT2D eigenvalue weighted by molar-refractivity contribution is -0.137. The van der Waals surface area contributed by atoms with Crippen molar-refractivity contribution in [2.24, 2.45) is 0 Å². The maximum atomic E-state index is 12.1. The average molecular weight is 372 g/mol.